The first-order valence-corrected chi connectivity index (χ1v) is 4.29. The van der Waals surface area contributed by atoms with E-state index in [4.69, 9.17) is 34.0 Å². The Morgan fingerprint density at radius 2 is 2.21 bits per heavy atom. The second-order valence-corrected chi connectivity index (χ2v) is 3.17. The smallest absolute Gasteiger partial charge is 0.328 e. The molecule has 4 nitrogen and oxygen atoms in total. The number of pyridine rings is 1. The third kappa shape index (κ3) is 2.61. The van der Waals surface area contributed by atoms with Gasteiger partial charge in [-0.25, -0.2) is 9.78 Å². The number of aliphatic carboxylic acids is 1. The number of carboxylic acid groups (broad SMARTS) is 1. The summed E-state index contributed by atoms with van der Waals surface area (Å²) in [5, 5.41) is 8.73. The van der Waals surface area contributed by atoms with Crippen molar-refractivity contribution in [2.75, 3.05) is 5.73 Å². The Labute approximate surface area is 90.0 Å². The summed E-state index contributed by atoms with van der Waals surface area (Å²) in [6.45, 7) is 0. The van der Waals surface area contributed by atoms with Gasteiger partial charge in [-0.2, -0.15) is 0 Å². The Morgan fingerprint density at radius 1 is 1.57 bits per heavy atom. The summed E-state index contributed by atoms with van der Waals surface area (Å²) in [5.41, 5.74) is 5.99. The maximum absolute atomic E-state index is 10.2. The summed E-state index contributed by atoms with van der Waals surface area (Å²) in [6, 6.07) is 1.39. The average Bonchev–Trinajstić information content (AvgIpc) is 2.08. The van der Waals surface area contributed by atoms with Crippen molar-refractivity contribution in [3.63, 3.8) is 0 Å². The number of carboxylic acids is 1. The first kappa shape index (κ1) is 10.8. The van der Waals surface area contributed by atoms with Crippen LogP contribution >= 0.6 is 23.2 Å². The number of halogens is 2. The van der Waals surface area contributed by atoms with Gasteiger partial charge in [0.2, 0.25) is 0 Å². The standard InChI is InChI=1S/C8H6Cl2N2O2/c9-6-3-4(11)8(10)5(12-6)1-2-7(13)14/h1-3H,(H2,11,12)(H,13,14)/b2-1+. The van der Waals surface area contributed by atoms with Gasteiger partial charge in [0.05, 0.1) is 16.4 Å². The Morgan fingerprint density at radius 3 is 2.79 bits per heavy atom. The topological polar surface area (TPSA) is 76.2 Å². The average molecular weight is 233 g/mol. The van der Waals surface area contributed by atoms with E-state index in [0.717, 1.165) is 6.08 Å². The molecular formula is C8H6Cl2N2O2. The Bertz CT molecular complexity index is 405. The summed E-state index contributed by atoms with van der Waals surface area (Å²) in [5.74, 6) is -1.10. The molecule has 0 bridgehead atoms. The number of rotatable bonds is 2. The van der Waals surface area contributed by atoms with Crippen molar-refractivity contribution in [3.8, 4) is 0 Å². The lowest BCUT2D eigenvalue weighted by molar-refractivity contribution is -0.131. The quantitative estimate of drug-likeness (QED) is 0.605. The van der Waals surface area contributed by atoms with Gasteiger partial charge < -0.3 is 10.8 Å². The van der Waals surface area contributed by atoms with Crippen LogP contribution in [0.5, 0.6) is 0 Å². The first-order chi connectivity index (χ1) is 6.50. The van der Waals surface area contributed by atoms with Crippen LogP contribution in [0.2, 0.25) is 10.2 Å². The molecule has 3 N–H and O–H groups in total. The molecule has 1 aromatic rings. The predicted octanol–water partition coefficient (Wildman–Crippen LogP) is 2.07. The predicted molar refractivity (Wildman–Crippen MR) is 55.3 cm³/mol. The van der Waals surface area contributed by atoms with Gasteiger partial charge in [0.25, 0.3) is 0 Å². The SMILES string of the molecule is Nc1cc(Cl)nc(/C=C/C(=O)O)c1Cl. The number of nitrogens with two attached hydrogens (primary N) is 1. The lowest BCUT2D eigenvalue weighted by atomic mass is 10.3. The highest BCUT2D eigenvalue weighted by atomic mass is 35.5. The molecule has 0 aromatic carbocycles. The fraction of sp³-hybridized carbons (Fsp3) is 0. The molecule has 1 aromatic heterocycles. The lowest BCUT2D eigenvalue weighted by Crippen LogP contribution is -1.93. The lowest BCUT2D eigenvalue weighted by Gasteiger charge is -2.01. The molecule has 0 saturated heterocycles. The number of nitrogen functional groups attached to an aromatic ring is 1. The van der Waals surface area contributed by atoms with Gasteiger partial charge in [0, 0.05) is 6.08 Å². The molecule has 0 unspecified atom stereocenters. The van der Waals surface area contributed by atoms with Crippen molar-refractivity contribution in [3.05, 3.63) is 28.0 Å². The summed E-state index contributed by atoms with van der Waals surface area (Å²) >= 11 is 11.4. The van der Waals surface area contributed by atoms with Crippen molar-refractivity contribution >= 4 is 40.9 Å². The summed E-state index contributed by atoms with van der Waals surface area (Å²) in [4.78, 5) is 14.0. The first-order valence-electron chi connectivity index (χ1n) is 3.53. The zero-order valence-electron chi connectivity index (χ0n) is 6.87. The second-order valence-electron chi connectivity index (χ2n) is 2.41. The molecule has 0 saturated carbocycles. The molecule has 0 aliphatic rings. The van der Waals surface area contributed by atoms with Crippen LogP contribution in [0.15, 0.2) is 12.1 Å². The van der Waals surface area contributed by atoms with Crippen molar-refractivity contribution in [2.24, 2.45) is 0 Å². The van der Waals surface area contributed by atoms with E-state index >= 15 is 0 Å². The largest absolute Gasteiger partial charge is 0.478 e. The van der Waals surface area contributed by atoms with Crippen LogP contribution in [-0.4, -0.2) is 16.1 Å². The van der Waals surface area contributed by atoms with Gasteiger partial charge in [0.1, 0.15) is 5.15 Å². The monoisotopic (exact) mass is 232 g/mol. The van der Waals surface area contributed by atoms with Crippen molar-refractivity contribution in [1.29, 1.82) is 0 Å². The molecule has 74 valence electrons. The van der Waals surface area contributed by atoms with Crippen molar-refractivity contribution < 1.29 is 9.90 Å². The van der Waals surface area contributed by atoms with Crippen LogP contribution < -0.4 is 5.73 Å². The Hall–Kier alpha value is -1.26. The molecular weight excluding hydrogens is 227 g/mol. The third-order valence-electron chi connectivity index (χ3n) is 1.36. The molecule has 0 amide bonds. The molecule has 0 spiro atoms. The van der Waals surface area contributed by atoms with E-state index in [-0.39, 0.29) is 21.6 Å². The molecule has 0 atom stereocenters. The van der Waals surface area contributed by atoms with Gasteiger partial charge in [-0.3, -0.25) is 0 Å². The summed E-state index contributed by atoms with van der Waals surface area (Å²) in [7, 11) is 0. The highest BCUT2D eigenvalue weighted by Gasteiger charge is 2.05. The fourth-order valence-corrected chi connectivity index (χ4v) is 1.17. The number of hydrogen-bond donors (Lipinski definition) is 2. The van der Waals surface area contributed by atoms with Crippen LogP contribution in [0, 0.1) is 0 Å². The molecule has 0 radical (unpaired) electrons. The van der Waals surface area contributed by atoms with Crippen LogP contribution in [0.3, 0.4) is 0 Å². The number of anilines is 1. The van der Waals surface area contributed by atoms with Crippen molar-refractivity contribution in [1.82, 2.24) is 4.98 Å². The summed E-state index contributed by atoms with van der Waals surface area (Å²) < 4.78 is 0. The molecule has 1 heterocycles. The Balaban J connectivity index is 3.14. The second kappa shape index (κ2) is 4.30. The molecule has 6 heteroatoms. The van der Waals surface area contributed by atoms with Gasteiger partial charge in [0.15, 0.2) is 0 Å². The molecule has 14 heavy (non-hydrogen) atoms. The molecule has 0 aliphatic heterocycles. The van der Waals surface area contributed by atoms with E-state index in [1.807, 2.05) is 0 Å². The van der Waals surface area contributed by atoms with E-state index in [0.29, 0.717) is 0 Å². The third-order valence-corrected chi connectivity index (χ3v) is 1.97. The number of aromatic nitrogens is 1. The molecule has 0 fully saturated rings. The van der Waals surface area contributed by atoms with Crippen LogP contribution in [0.1, 0.15) is 5.69 Å². The fourth-order valence-electron chi connectivity index (χ4n) is 0.797. The van der Waals surface area contributed by atoms with E-state index < -0.39 is 5.97 Å². The van der Waals surface area contributed by atoms with Gasteiger partial charge in [-0.1, -0.05) is 23.2 Å². The van der Waals surface area contributed by atoms with Crippen LogP contribution in [0.25, 0.3) is 6.08 Å². The van der Waals surface area contributed by atoms with Crippen molar-refractivity contribution in [2.45, 2.75) is 0 Å². The molecule has 0 aliphatic carbocycles. The van der Waals surface area contributed by atoms with Crippen LogP contribution in [0.4, 0.5) is 5.69 Å². The van der Waals surface area contributed by atoms with E-state index in [2.05, 4.69) is 4.98 Å². The van der Waals surface area contributed by atoms with Gasteiger partial charge in [-0.15, -0.1) is 0 Å². The van der Waals surface area contributed by atoms with Crippen LogP contribution in [-0.2, 0) is 4.79 Å². The number of carbonyl (C=O) groups is 1. The van der Waals surface area contributed by atoms with E-state index in [1.54, 1.807) is 0 Å². The molecule has 1 rings (SSSR count). The van der Waals surface area contributed by atoms with Gasteiger partial charge >= 0.3 is 5.97 Å². The minimum absolute atomic E-state index is 0.164. The number of nitrogens with zero attached hydrogens (tertiary/aromatic N) is 1. The minimum Gasteiger partial charge on any atom is -0.478 e. The highest BCUT2D eigenvalue weighted by Crippen LogP contribution is 2.25. The number of hydrogen-bond acceptors (Lipinski definition) is 3. The van der Waals surface area contributed by atoms with E-state index in [1.165, 1.54) is 12.1 Å². The summed E-state index contributed by atoms with van der Waals surface area (Å²) in [6.07, 6.45) is 2.14. The zero-order valence-corrected chi connectivity index (χ0v) is 8.38. The van der Waals surface area contributed by atoms with Gasteiger partial charge in [-0.05, 0) is 12.1 Å². The maximum atomic E-state index is 10.2. The van der Waals surface area contributed by atoms with E-state index in [9.17, 15) is 4.79 Å². The highest BCUT2D eigenvalue weighted by molar-refractivity contribution is 6.35. The minimum atomic E-state index is -1.10. The zero-order chi connectivity index (χ0) is 10.7. The normalized spacial score (nSPS) is 10.7. The Kier molecular flexibility index (Phi) is 3.33. The maximum Gasteiger partial charge on any atom is 0.328 e.